The van der Waals surface area contributed by atoms with Gasteiger partial charge in [0.2, 0.25) is 0 Å². The van der Waals surface area contributed by atoms with Gasteiger partial charge in [-0.25, -0.2) is 0 Å². The van der Waals surface area contributed by atoms with Crippen LogP contribution >= 0.6 is 15.9 Å². The van der Waals surface area contributed by atoms with Crippen LogP contribution in [-0.4, -0.2) is 20.5 Å². The molecule has 0 radical (unpaired) electrons. The number of aromatic amines is 1. The Morgan fingerprint density at radius 1 is 1.77 bits per heavy atom. The molecule has 0 amide bonds. The molecule has 0 saturated heterocycles. The first kappa shape index (κ1) is 10.2. The van der Waals surface area contributed by atoms with Crippen LogP contribution in [0, 0.1) is 10.1 Å². The van der Waals surface area contributed by atoms with Crippen LogP contribution in [0.5, 0.6) is 0 Å². The lowest BCUT2D eigenvalue weighted by Gasteiger charge is -2.18. The molecular formula is C7H10BrN3O2. The number of hydrogen-bond acceptors (Lipinski definition) is 3. The first-order chi connectivity index (χ1) is 5.99. The number of H-pyrrole nitrogens is 1. The minimum atomic E-state index is -0.427. The summed E-state index contributed by atoms with van der Waals surface area (Å²) in [5, 5.41) is 17.5. The minimum Gasteiger partial charge on any atom is -0.275 e. The lowest BCUT2D eigenvalue weighted by molar-refractivity contribution is -0.386. The van der Waals surface area contributed by atoms with Crippen molar-refractivity contribution >= 4 is 21.6 Å². The van der Waals surface area contributed by atoms with Crippen LogP contribution in [0.1, 0.15) is 19.5 Å². The summed E-state index contributed by atoms with van der Waals surface area (Å²) in [6.07, 6.45) is 1.24. The van der Waals surface area contributed by atoms with Gasteiger partial charge in [0.25, 0.3) is 0 Å². The van der Waals surface area contributed by atoms with E-state index in [1.807, 2.05) is 13.8 Å². The maximum atomic E-state index is 10.6. The van der Waals surface area contributed by atoms with Crippen molar-refractivity contribution in [3.05, 3.63) is 22.0 Å². The van der Waals surface area contributed by atoms with Gasteiger partial charge in [0.05, 0.1) is 4.92 Å². The standard InChI is InChI=1S/C7H10BrN3O2/c1-7(2,4-8)6-5(11(12)13)3-9-10-6/h3H,4H2,1-2H3,(H,9,10). The monoisotopic (exact) mass is 247 g/mol. The Morgan fingerprint density at radius 3 is 2.85 bits per heavy atom. The second kappa shape index (κ2) is 3.45. The summed E-state index contributed by atoms with van der Waals surface area (Å²) in [6.45, 7) is 3.81. The summed E-state index contributed by atoms with van der Waals surface area (Å²) in [4.78, 5) is 10.1. The largest absolute Gasteiger partial charge is 0.310 e. The van der Waals surface area contributed by atoms with Gasteiger partial charge in [-0.05, 0) is 0 Å². The average molecular weight is 248 g/mol. The predicted octanol–water partition coefficient (Wildman–Crippen LogP) is 1.99. The van der Waals surface area contributed by atoms with Crippen molar-refractivity contribution in [2.24, 2.45) is 0 Å². The maximum absolute atomic E-state index is 10.6. The van der Waals surface area contributed by atoms with Crippen molar-refractivity contribution in [3.63, 3.8) is 0 Å². The molecule has 0 fully saturated rings. The molecule has 0 bridgehead atoms. The third-order valence-electron chi connectivity index (χ3n) is 1.83. The number of aromatic nitrogens is 2. The van der Waals surface area contributed by atoms with E-state index in [9.17, 15) is 10.1 Å². The fourth-order valence-corrected chi connectivity index (χ4v) is 1.26. The molecular weight excluding hydrogens is 238 g/mol. The van der Waals surface area contributed by atoms with Gasteiger partial charge in [-0.2, -0.15) is 5.10 Å². The number of nitro groups is 1. The second-order valence-corrected chi connectivity index (χ2v) is 3.97. The molecule has 1 rings (SSSR count). The van der Waals surface area contributed by atoms with Gasteiger partial charge < -0.3 is 0 Å². The van der Waals surface area contributed by atoms with Gasteiger partial charge in [-0.1, -0.05) is 29.8 Å². The zero-order valence-corrected chi connectivity index (χ0v) is 8.96. The average Bonchev–Trinajstić information content (AvgIpc) is 2.52. The van der Waals surface area contributed by atoms with Crippen molar-refractivity contribution in [2.75, 3.05) is 5.33 Å². The SMILES string of the molecule is CC(C)(CBr)c1[nH]ncc1[N+](=O)[O-]. The molecule has 0 aromatic carbocycles. The molecule has 1 heterocycles. The molecule has 13 heavy (non-hydrogen) atoms. The topological polar surface area (TPSA) is 71.8 Å². The van der Waals surface area contributed by atoms with Gasteiger partial charge in [0.1, 0.15) is 11.9 Å². The van der Waals surface area contributed by atoms with E-state index >= 15 is 0 Å². The molecule has 72 valence electrons. The van der Waals surface area contributed by atoms with Gasteiger partial charge >= 0.3 is 5.69 Å². The molecule has 0 aliphatic rings. The van der Waals surface area contributed by atoms with Crippen molar-refractivity contribution < 1.29 is 4.92 Å². The van der Waals surface area contributed by atoms with E-state index in [0.717, 1.165) is 0 Å². The molecule has 0 saturated carbocycles. The van der Waals surface area contributed by atoms with Crippen molar-refractivity contribution in [2.45, 2.75) is 19.3 Å². The summed E-state index contributed by atoms with van der Waals surface area (Å²) in [5.74, 6) is 0. The molecule has 1 aromatic rings. The molecule has 0 aliphatic carbocycles. The third kappa shape index (κ3) is 1.88. The Morgan fingerprint density at radius 2 is 2.38 bits per heavy atom. The zero-order chi connectivity index (χ0) is 10.1. The van der Waals surface area contributed by atoms with E-state index in [0.29, 0.717) is 11.0 Å². The van der Waals surface area contributed by atoms with Crippen LogP contribution in [0.3, 0.4) is 0 Å². The lowest BCUT2D eigenvalue weighted by atomic mass is 9.91. The minimum absolute atomic E-state index is 0.0458. The summed E-state index contributed by atoms with van der Waals surface area (Å²) in [7, 11) is 0. The van der Waals surface area contributed by atoms with Crippen molar-refractivity contribution in [3.8, 4) is 0 Å². The van der Waals surface area contributed by atoms with Gasteiger partial charge in [0, 0.05) is 10.7 Å². The summed E-state index contributed by atoms with van der Waals surface area (Å²) >= 11 is 3.31. The zero-order valence-electron chi connectivity index (χ0n) is 7.37. The van der Waals surface area contributed by atoms with E-state index < -0.39 is 4.92 Å². The Hall–Kier alpha value is -0.910. The Labute approximate surface area is 83.8 Å². The van der Waals surface area contributed by atoms with E-state index in [2.05, 4.69) is 26.1 Å². The first-order valence-corrected chi connectivity index (χ1v) is 4.85. The highest BCUT2D eigenvalue weighted by Gasteiger charge is 2.30. The Bertz CT molecular complexity index is 321. The quantitative estimate of drug-likeness (QED) is 0.505. The molecule has 1 aromatic heterocycles. The van der Waals surface area contributed by atoms with Crippen molar-refractivity contribution in [1.29, 1.82) is 0 Å². The summed E-state index contributed by atoms with van der Waals surface area (Å²) < 4.78 is 0. The number of nitrogens with zero attached hydrogens (tertiary/aromatic N) is 2. The second-order valence-electron chi connectivity index (χ2n) is 3.40. The lowest BCUT2D eigenvalue weighted by Crippen LogP contribution is -2.20. The van der Waals surface area contributed by atoms with Crippen LogP contribution in [0.15, 0.2) is 6.20 Å². The highest BCUT2D eigenvalue weighted by Crippen LogP contribution is 2.30. The summed E-state index contributed by atoms with van der Waals surface area (Å²) in [6, 6.07) is 0. The van der Waals surface area contributed by atoms with Crippen LogP contribution in [0.25, 0.3) is 0 Å². The third-order valence-corrected chi connectivity index (χ3v) is 3.23. The molecule has 0 atom stereocenters. The van der Waals surface area contributed by atoms with Crippen LogP contribution < -0.4 is 0 Å². The van der Waals surface area contributed by atoms with E-state index in [1.54, 1.807) is 0 Å². The maximum Gasteiger partial charge on any atom is 0.310 e. The molecule has 0 aliphatic heterocycles. The first-order valence-electron chi connectivity index (χ1n) is 3.73. The number of halogens is 1. The van der Waals surface area contributed by atoms with E-state index in [4.69, 9.17) is 0 Å². The number of hydrogen-bond donors (Lipinski definition) is 1. The Kier molecular flexibility index (Phi) is 2.70. The number of alkyl halides is 1. The molecule has 1 N–H and O–H groups in total. The highest BCUT2D eigenvalue weighted by atomic mass is 79.9. The van der Waals surface area contributed by atoms with E-state index in [1.165, 1.54) is 6.20 Å². The molecule has 5 nitrogen and oxygen atoms in total. The Balaban J connectivity index is 3.14. The van der Waals surface area contributed by atoms with Crippen LogP contribution in [0.4, 0.5) is 5.69 Å². The fourth-order valence-electron chi connectivity index (χ4n) is 0.983. The number of nitrogens with one attached hydrogen (secondary N) is 1. The fraction of sp³-hybridized carbons (Fsp3) is 0.571. The predicted molar refractivity (Wildman–Crippen MR) is 52.1 cm³/mol. The smallest absolute Gasteiger partial charge is 0.275 e. The highest BCUT2D eigenvalue weighted by molar-refractivity contribution is 9.09. The normalized spacial score (nSPS) is 11.6. The van der Waals surface area contributed by atoms with Gasteiger partial charge in [0.15, 0.2) is 0 Å². The number of rotatable bonds is 3. The van der Waals surface area contributed by atoms with Crippen LogP contribution in [-0.2, 0) is 5.41 Å². The van der Waals surface area contributed by atoms with E-state index in [-0.39, 0.29) is 11.1 Å². The van der Waals surface area contributed by atoms with Crippen molar-refractivity contribution in [1.82, 2.24) is 10.2 Å². The molecule has 0 unspecified atom stereocenters. The van der Waals surface area contributed by atoms with Crippen LogP contribution in [0.2, 0.25) is 0 Å². The molecule has 0 spiro atoms. The summed E-state index contributed by atoms with van der Waals surface area (Å²) in [5.41, 5.74) is 0.289. The van der Waals surface area contributed by atoms with Gasteiger partial charge in [-0.3, -0.25) is 15.2 Å². The molecule has 6 heteroatoms. The van der Waals surface area contributed by atoms with Gasteiger partial charge in [-0.15, -0.1) is 0 Å².